The lowest BCUT2D eigenvalue weighted by Gasteiger charge is -2.25. The standard InChI is InChI=1S/C18H24N2O3/c1-12(2)18(22)20-11-15(23-14-6-4-3-5-7-14)10-16(20)17(21)19-13-8-9-13/h3-7,12-13,15-16H,8-11H2,1-2H3,(H,19,21)/t15-,16-/m0/s1. The van der Waals surface area contributed by atoms with Gasteiger partial charge in [0.15, 0.2) is 0 Å². The number of hydrogen-bond donors (Lipinski definition) is 1. The van der Waals surface area contributed by atoms with Crippen molar-refractivity contribution in [2.75, 3.05) is 6.54 Å². The summed E-state index contributed by atoms with van der Waals surface area (Å²) in [5.41, 5.74) is 0. The number of para-hydroxylation sites is 1. The van der Waals surface area contributed by atoms with Gasteiger partial charge in [-0.1, -0.05) is 32.0 Å². The highest BCUT2D eigenvalue weighted by Crippen LogP contribution is 2.26. The molecule has 1 aromatic carbocycles. The minimum Gasteiger partial charge on any atom is -0.488 e. The molecule has 2 atom stereocenters. The van der Waals surface area contributed by atoms with Crippen LogP contribution < -0.4 is 10.1 Å². The second-order valence-corrected chi connectivity index (χ2v) is 6.73. The topological polar surface area (TPSA) is 58.6 Å². The Morgan fingerprint density at radius 3 is 2.52 bits per heavy atom. The van der Waals surface area contributed by atoms with Crippen LogP contribution in [0.4, 0.5) is 0 Å². The highest BCUT2D eigenvalue weighted by Gasteiger charge is 2.42. The molecule has 3 rings (SSSR count). The minimum atomic E-state index is -0.417. The molecular weight excluding hydrogens is 292 g/mol. The minimum absolute atomic E-state index is 0.0140. The van der Waals surface area contributed by atoms with E-state index in [1.165, 1.54) is 0 Å². The SMILES string of the molecule is CC(C)C(=O)N1C[C@@H](Oc2ccccc2)C[C@H]1C(=O)NC1CC1. The Bertz CT molecular complexity index is 569. The summed E-state index contributed by atoms with van der Waals surface area (Å²) in [7, 11) is 0. The lowest BCUT2D eigenvalue weighted by molar-refractivity contribution is -0.140. The quantitative estimate of drug-likeness (QED) is 0.903. The third kappa shape index (κ3) is 3.84. The van der Waals surface area contributed by atoms with Crippen LogP contribution in [0.5, 0.6) is 5.75 Å². The average molecular weight is 316 g/mol. The monoisotopic (exact) mass is 316 g/mol. The van der Waals surface area contributed by atoms with Gasteiger partial charge in [0, 0.05) is 18.4 Å². The largest absolute Gasteiger partial charge is 0.488 e. The van der Waals surface area contributed by atoms with Gasteiger partial charge in [0.05, 0.1) is 6.54 Å². The normalized spacial score (nSPS) is 23.9. The summed E-state index contributed by atoms with van der Waals surface area (Å²) in [5, 5.41) is 3.02. The summed E-state index contributed by atoms with van der Waals surface area (Å²) in [6, 6.07) is 9.43. The first-order chi connectivity index (χ1) is 11.0. The van der Waals surface area contributed by atoms with Crippen molar-refractivity contribution in [1.82, 2.24) is 10.2 Å². The number of likely N-dealkylation sites (tertiary alicyclic amines) is 1. The fourth-order valence-corrected chi connectivity index (χ4v) is 2.92. The van der Waals surface area contributed by atoms with E-state index in [1.807, 2.05) is 44.2 Å². The van der Waals surface area contributed by atoms with Crippen LogP contribution in [0, 0.1) is 5.92 Å². The molecule has 1 aliphatic heterocycles. The molecule has 1 aliphatic carbocycles. The van der Waals surface area contributed by atoms with Gasteiger partial charge in [-0.3, -0.25) is 9.59 Å². The fourth-order valence-electron chi connectivity index (χ4n) is 2.92. The van der Waals surface area contributed by atoms with E-state index in [-0.39, 0.29) is 23.8 Å². The Hall–Kier alpha value is -2.04. The molecule has 124 valence electrons. The Balaban J connectivity index is 1.69. The van der Waals surface area contributed by atoms with Crippen LogP contribution in [-0.4, -0.2) is 41.4 Å². The van der Waals surface area contributed by atoms with Crippen molar-refractivity contribution in [3.8, 4) is 5.75 Å². The Morgan fingerprint density at radius 1 is 1.22 bits per heavy atom. The van der Waals surface area contributed by atoms with Gasteiger partial charge < -0.3 is 15.0 Å². The molecule has 23 heavy (non-hydrogen) atoms. The molecule has 0 radical (unpaired) electrons. The predicted molar refractivity (Wildman–Crippen MR) is 87.0 cm³/mol. The van der Waals surface area contributed by atoms with Gasteiger partial charge in [0.2, 0.25) is 11.8 Å². The Morgan fingerprint density at radius 2 is 1.91 bits per heavy atom. The number of hydrogen-bond acceptors (Lipinski definition) is 3. The molecule has 0 aromatic heterocycles. The first-order valence-electron chi connectivity index (χ1n) is 8.37. The van der Waals surface area contributed by atoms with Crippen molar-refractivity contribution in [1.29, 1.82) is 0 Å². The average Bonchev–Trinajstić information content (AvgIpc) is 3.24. The number of carbonyl (C=O) groups is 2. The maximum absolute atomic E-state index is 12.5. The lowest BCUT2D eigenvalue weighted by atomic mass is 10.1. The van der Waals surface area contributed by atoms with E-state index in [2.05, 4.69) is 5.32 Å². The highest BCUT2D eigenvalue weighted by atomic mass is 16.5. The van der Waals surface area contributed by atoms with E-state index >= 15 is 0 Å². The number of rotatable bonds is 5. The first-order valence-corrected chi connectivity index (χ1v) is 8.37. The Kier molecular flexibility index (Phi) is 4.55. The molecule has 2 amide bonds. The molecule has 1 N–H and O–H groups in total. The highest BCUT2D eigenvalue weighted by molar-refractivity contribution is 5.89. The van der Waals surface area contributed by atoms with Gasteiger partial charge >= 0.3 is 0 Å². The van der Waals surface area contributed by atoms with E-state index in [0.29, 0.717) is 19.0 Å². The van der Waals surface area contributed by atoms with Crippen LogP contribution in [-0.2, 0) is 9.59 Å². The van der Waals surface area contributed by atoms with Crippen LogP contribution >= 0.6 is 0 Å². The molecule has 1 saturated carbocycles. The van der Waals surface area contributed by atoms with Crippen LogP contribution in [0.1, 0.15) is 33.1 Å². The summed E-state index contributed by atoms with van der Waals surface area (Å²) in [5.74, 6) is 0.625. The van der Waals surface area contributed by atoms with Crippen molar-refractivity contribution in [2.45, 2.75) is 51.3 Å². The summed E-state index contributed by atoms with van der Waals surface area (Å²) >= 11 is 0. The summed E-state index contributed by atoms with van der Waals surface area (Å²) in [6.45, 7) is 4.20. The van der Waals surface area contributed by atoms with Gasteiger partial charge in [-0.25, -0.2) is 0 Å². The maximum Gasteiger partial charge on any atom is 0.243 e. The van der Waals surface area contributed by atoms with Crippen LogP contribution in [0.2, 0.25) is 0 Å². The van der Waals surface area contributed by atoms with Crippen LogP contribution in [0.3, 0.4) is 0 Å². The third-order valence-corrected chi connectivity index (χ3v) is 4.31. The number of nitrogens with one attached hydrogen (secondary N) is 1. The van der Waals surface area contributed by atoms with Gasteiger partial charge in [-0.2, -0.15) is 0 Å². The van der Waals surface area contributed by atoms with E-state index < -0.39 is 6.04 Å². The first kappa shape index (κ1) is 15.8. The van der Waals surface area contributed by atoms with Crippen molar-refractivity contribution in [2.24, 2.45) is 5.92 Å². The number of benzene rings is 1. The van der Waals surface area contributed by atoms with Crippen LogP contribution in [0.25, 0.3) is 0 Å². The summed E-state index contributed by atoms with van der Waals surface area (Å²) in [4.78, 5) is 26.6. The van der Waals surface area contributed by atoms with Crippen molar-refractivity contribution >= 4 is 11.8 Å². The van der Waals surface area contributed by atoms with E-state index in [4.69, 9.17) is 4.74 Å². The molecule has 1 saturated heterocycles. The molecule has 2 aliphatic rings. The van der Waals surface area contributed by atoms with Crippen molar-refractivity contribution in [3.05, 3.63) is 30.3 Å². The molecule has 0 unspecified atom stereocenters. The van der Waals surface area contributed by atoms with Crippen molar-refractivity contribution < 1.29 is 14.3 Å². The molecule has 5 nitrogen and oxygen atoms in total. The second kappa shape index (κ2) is 6.60. The number of nitrogens with zero attached hydrogens (tertiary/aromatic N) is 1. The number of amides is 2. The number of ether oxygens (including phenoxy) is 1. The molecule has 0 spiro atoms. The van der Waals surface area contributed by atoms with E-state index in [0.717, 1.165) is 18.6 Å². The summed E-state index contributed by atoms with van der Waals surface area (Å²) < 4.78 is 5.96. The smallest absolute Gasteiger partial charge is 0.243 e. The zero-order chi connectivity index (χ0) is 16.4. The molecule has 0 bridgehead atoms. The van der Waals surface area contributed by atoms with Gasteiger partial charge in [0.25, 0.3) is 0 Å². The zero-order valence-corrected chi connectivity index (χ0v) is 13.7. The molecule has 5 heteroatoms. The maximum atomic E-state index is 12.5. The second-order valence-electron chi connectivity index (χ2n) is 6.73. The molecule has 2 fully saturated rings. The molecule has 1 heterocycles. The van der Waals surface area contributed by atoms with Gasteiger partial charge in [-0.05, 0) is 25.0 Å². The third-order valence-electron chi connectivity index (χ3n) is 4.31. The zero-order valence-electron chi connectivity index (χ0n) is 13.7. The number of carbonyl (C=O) groups excluding carboxylic acids is 2. The predicted octanol–water partition coefficient (Wildman–Crippen LogP) is 1.97. The van der Waals surface area contributed by atoms with Crippen molar-refractivity contribution in [3.63, 3.8) is 0 Å². The van der Waals surface area contributed by atoms with Crippen LogP contribution in [0.15, 0.2) is 30.3 Å². The Labute approximate surface area is 137 Å². The van der Waals surface area contributed by atoms with Gasteiger partial charge in [-0.15, -0.1) is 0 Å². The van der Waals surface area contributed by atoms with E-state index in [9.17, 15) is 9.59 Å². The summed E-state index contributed by atoms with van der Waals surface area (Å²) in [6.07, 6.45) is 2.49. The fraction of sp³-hybridized carbons (Fsp3) is 0.556. The lowest BCUT2D eigenvalue weighted by Crippen LogP contribution is -2.47. The van der Waals surface area contributed by atoms with E-state index in [1.54, 1.807) is 4.90 Å². The van der Waals surface area contributed by atoms with Gasteiger partial charge in [0.1, 0.15) is 17.9 Å². The molecule has 1 aromatic rings. The molecular formula is C18H24N2O3.